The van der Waals surface area contributed by atoms with E-state index >= 15 is 0 Å². The first-order valence-corrected chi connectivity index (χ1v) is 13.2. The number of ether oxygens (including phenoxy) is 1. The predicted octanol–water partition coefficient (Wildman–Crippen LogP) is 7.48. The van der Waals surface area contributed by atoms with E-state index in [1.54, 1.807) is 16.7 Å². The quantitative estimate of drug-likeness (QED) is 0.469. The lowest BCUT2D eigenvalue weighted by Gasteiger charge is -2.47. The summed E-state index contributed by atoms with van der Waals surface area (Å²) in [5.41, 5.74) is 6.58. The number of allylic oxidation sites excluding steroid dienone is 10. The highest BCUT2D eigenvalue weighted by atomic mass is 16.5. The van der Waals surface area contributed by atoms with E-state index in [4.69, 9.17) is 4.74 Å². The molecule has 1 heteroatoms. The second-order valence-corrected chi connectivity index (χ2v) is 10.9. The van der Waals surface area contributed by atoms with Gasteiger partial charge in [0.2, 0.25) is 0 Å². The number of benzene rings is 1. The largest absolute Gasteiger partial charge is 0.370 e. The fourth-order valence-corrected chi connectivity index (χ4v) is 8.07. The summed E-state index contributed by atoms with van der Waals surface area (Å²) < 4.78 is 6.50. The van der Waals surface area contributed by atoms with Gasteiger partial charge in [-0.1, -0.05) is 85.0 Å². The first-order chi connectivity index (χ1) is 16.4. The van der Waals surface area contributed by atoms with Crippen molar-refractivity contribution in [2.45, 2.75) is 56.7 Å². The lowest BCUT2D eigenvalue weighted by atomic mass is 9.57. The van der Waals surface area contributed by atoms with Crippen LogP contribution in [0.5, 0.6) is 0 Å². The van der Waals surface area contributed by atoms with Crippen molar-refractivity contribution >= 4 is 0 Å². The second kappa shape index (κ2) is 8.13. The van der Waals surface area contributed by atoms with Gasteiger partial charge in [0.05, 0.1) is 12.2 Å². The molecule has 0 radical (unpaired) electrons. The Morgan fingerprint density at radius 1 is 0.848 bits per heavy atom. The SMILES string of the molecule is C1=CC2=C(C3CCC4OC5C=CC=CC5C4C3)C3=CCCCC3C(c3ccccc3)C2C=C1. The van der Waals surface area contributed by atoms with E-state index in [-0.39, 0.29) is 0 Å². The highest BCUT2D eigenvalue weighted by Crippen LogP contribution is 2.57. The summed E-state index contributed by atoms with van der Waals surface area (Å²) in [5.74, 6) is 3.64. The van der Waals surface area contributed by atoms with E-state index in [0.717, 1.165) is 0 Å². The van der Waals surface area contributed by atoms with Crippen molar-refractivity contribution in [1.29, 1.82) is 0 Å². The zero-order chi connectivity index (χ0) is 21.8. The summed E-state index contributed by atoms with van der Waals surface area (Å²) in [7, 11) is 0. The zero-order valence-electron chi connectivity index (χ0n) is 19.4. The van der Waals surface area contributed by atoms with Crippen molar-refractivity contribution in [1.82, 2.24) is 0 Å². The fourth-order valence-electron chi connectivity index (χ4n) is 8.07. The maximum absolute atomic E-state index is 6.50. The summed E-state index contributed by atoms with van der Waals surface area (Å²) in [6.07, 6.45) is 29.8. The average Bonchev–Trinajstić information content (AvgIpc) is 3.25. The van der Waals surface area contributed by atoms with E-state index in [9.17, 15) is 0 Å². The molecule has 0 aromatic heterocycles. The van der Waals surface area contributed by atoms with Crippen LogP contribution in [-0.2, 0) is 4.74 Å². The summed E-state index contributed by atoms with van der Waals surface area (Å²) >= 11 is 0. The lowest BCUT2D eigenvalue weighted by molar-refractivity contribution is 0.0304. The van der Waals surface area contributed by atoms with Gasteiger partial charge < -0.3 is 4.74 Å². The van der Waals surface area contributed by atoms with Gasteiger partial charge in [0.15, 0.2) is 0 Å². The van der Waals surface area contributed by atoms with Gasteiger partial charge in [0, 0.05) is 17.8 Å². The standard InChI is InChI=1S/C32H34O/c1-2-10-21(11-3-1)31-24-13-4-6-15-26(24)32(27-16-7-5-14-25(27)31)22-18-19-30-28(20-22)23-12-8-9-17-29(23)33-30/h1-4,6,8-13,15-17,22-25,28-31H,5,7,14,18-20H2. The van der Waals surface area contributed by atoms with Crippen LogP contribution in [0.2, 0.25) is 0 Å². The highest BCUT2D eigenvalue weighted by molar-refractivity contribution is 5.54. The average molecular weight is 435 g/mol. The van der Waals surface area contributed by atoms with Gasteiger partial charge in [-0.05, 0) is 78.6 Å². The molecule has 1 heterocycles. The molecular weight excluding hydrogens is 400 g/mol. The van der Waals surface area contributed by atoms with Crippen LogP contribution in [0, 0.1) is 29.6 Å². The van der Waals surface area contributed by atoms with Crippen LogP contribution >= 0.6 is 0 Å². The van der Waals surface area contributed by atoms with Crippen molar-refractivity contribution in [3.8, 4) is 0 Å². The minimum atomic E-state index is 0.308. The molecule has 0 spiro atoms. The van der Waals surface area contributed by atoms with Crippen molar-refractivity contribution in [2.24, 2.45) is 29.6 Å². The van der Waals surface area contributed by atoms with Crippen LogP contribution in [0.15, 0.2) is 102 Å². The molecule has 1 saturated heterocycles. The van der Waals surface area contributed by atoms with Gasteiger partial charge in [-0.3, -0.25) is 0 Å². The number of hydrogen-bond donors (Lipinski definition) is 0. The Kier molecular flexibility index (Phi) is 4.94. The molecule has 1 aromatic carbocycles. The van der Waals surface area contributed by atoms with Crippen molar-refractivity contribution in [2.75, 3.05) is 0 Å². The number of hydrogen-bond acceptors (Lipinski definition) is 1. The van der Waals surface area contributed by atoms with Crippen molar-refractivity contribution < 1.29 is 4.74 Å². The van der Waals surface area contributed by atoms with Crippen molar-refractivity contribution in [3.05, 3.63) is 107 Å². The van der Waals surface area contributed by atoms with Crippen LogP contribution < -0.4 is 0 Å². The molecule has 8 unspecified atom stereocenters. The third-order valence-corrected chi connectivity index (χ3v) is 9.37. The predicted molar refractivity (Wildman–Crippen MR) is 135 cm³/mol. The van der Waals surface area contributed by atoms with E-state index in [2.05, 4.69) is 85.0 Å². The Hall–Kier alpha value is -2.38. The summed E-state index contributed by atoms with van der Waals surface area (Å²) in [5, 5.41) is 0. The van der Waals surface area contributed by atoms with Crippen LogP contribution in [0.4, 0.5) is 0 Å². The van der Waals surface area contributed by atoms with Gasteiger partial charge in [-0.25, -0.2) is 0 Å². The fraction of sp³-hybridized carbons (Fsp3) is 0.438. The van der Waals surface area contributed by atoms with E-state index in [1.165, 1.54) is 44.1 Å². The van der Waals surface area contributed by atoms with Gasteiger partial charge in [0.1, 0.15) is 0 Å². The molecule has 0 N–H and O–H groups in total. The van der Waals surface area contributed by atoms with Gasteiger partial charge >= 0.3 is 0 Å². The Morgan fingerprint density at radius 2 is 1.73 bits per heavy atom. The number of rotatable bonds is 2. The Bertz CT molecular complexity index is 1100. The van der Waals surface area contributed by atoms with Gasteiger partial charge in [-0.2, -0.15) is 0 Å². The van der Waals surface area contributed by atoms with Crippen LogP contribution in [-0.4, -0.2) is 12.2 Å². The Morgan fingerprint density at radius 3 is 2.67 bits per heavy atom. The minimum absolute atomic E-state index is 0.308. The van der Waals surface area contributed by atoms with Crippen LogP contribution in [0.25, 0.3) is 0 Å². The second-order valence-electron chi connectivity index (χ2n) is 10.9. The Labute approximate surface area is 198 Å². The van der Waals surface area contributed by atoms with E-state index < -0.39 is 0 Å². The van der Waals surface area contributed by atoms with E-state index in [0.29, 0.717) is 47.7 Å². The van der Waals surface area contributed by atoms with Crippen LogP contribution in [0.1, 0.15) is 50.0 Å². The molecule has 0 amide bonds. The monoisotopic (exact) mass is 434 g/mol. The summed E-state index contributed by atoms with van der Waals surface area (Å²) in [4.78, 5) is 0. The normalized spacial score (nSPS) is 40.7. The molecule has 2 fully saturated rings. The molecule has 33 heavy (non-hydrogen) atoms. The summed E-state index contributed by atoms with van der Waals surface area (Å²) in [6, 6.07) is 11.4. The molecule has 7 rings (SSSR count). The topological polar surface area (TPSA) is 9.23 Å². The molecule has 1 saturated carbocycles. The molecule has 8 atom stereocenters. The third kappa shape index (κ3) is 3.23. The van der Waals surface area contributed by atoms with E-state index in [1.807, 2.05) is 0 Å². The maximum atomic E-state index is 6.50. The smallest absolute Gasteiger partial charge is 0.0829 e. The van der Waals surface area contributed by atoms with Gasteiger partial charge in [-0.15, -0.1) is 0 Å². The molecule has 1 aromatic rings. The molecule has 1 nitrogen and oxygen atoms in total. The first-order valence-electron chi connectivity index (χ1n) is 13.2. The lowest BCUT2D eigenvalue weighted by Crippen LogP contribution is -2.36. The highest BCUT2D eigenvalue weighted by Gasteiger charge is 2.49. The summed E-state index contributed by atoms with van der Waals surface area (Å²) in [6.45, 7) is 0. The molecule has 6 aliphatic rings. The molecule has 0 bridgehead atoms. The molecule has 1 aliphatic heterocycles. The first kappa shape index (κ1) is 20.0. The number of fused-ring (bicyclic) bond motifs is 5. The molecular formula is C32H34O. The van der Waals surface area contributed by atoms with Gasteiger partial charge in [0.25, 0.3) is 0 Å². The maximum Gasteiger partial charge on any atom is 0.0829 e. The van der Waals surface area contributed by atoms with Crippen molar-refractivity contribution in [3.63, 3.8) is 0 Å². The zero-order valence-corrected chi connectivity index (χ0v) is 19.4. The Balaban J connectivity index is 1.30. The van der Waals surface area contributed by atoms with Crippen LogP contribution in [0.3, 0.4) is 0 Å². The molecule has 5 aliphatic carbocycles. The third-order valence-electron chi connectivity index (χ3n) is 9.37. The molecule has 168 valence electrons. The minimum Gasteiger partial charge on any atom is -0.370 e.